The van der Waals surface area contributed by atoms with Crippen LogP contribution in [0.25, 0.3) is 0 Å². The Balaban J connectivity index is 3.26. The Morgan fingerprint density at radius 3 is 2.06 bits per heavy atom. The number of benzene rings is 1. The van der Waals surface area contributed by atoms with E-state index in [0.717, 1.165) is 17.1 Å². The van der Waals surface area contributed by atoms with E-state index in [1.54, 1.807) is 7.11 Å². The highest BCUT2D eigenvalue weighted by atomic mass is 16.5. The lowest BCUT2D eigenvalue weighted by Crippen LogP contribution is -2.17. The van der Waals surface area contributed by atoms with Crippen LogP contribution in [-0.4, -0.2) is 13.2 Å². The first-order chi connectivity index (χ1) is 7.36. The first-order valence-corrected chi connectivity index (χ1v) is 5.70. The quantitative estimate of drug-likeness (QED) is 0.775. The highest BCUT2D eigenvalue weighted by Gasteiger charge is 2.23. The van der Waals surface area contributed by atoms with Crippen LogP contribution in [0.1, 0.15) is 40.2 Å². The molecule has 2 heteroatoms. The topological polar surface area (TPSA) is 18.5 Å². The smallest absolute Gasteiger partial charge is 0.127 e. The van der Waals surface area contributed by atoms with Gasteiger partial charge in [-0.25, -0.2) is 0 Å². The van der Waals surface area contributed by atoms with Crippen molar-refractivity contribution in [3.63, 3.8) is 0 Å². The molecular formula is C14H22O2. The van der Waals surface area contributed by atoms with Crippen LogP contribution in [0.5, 0.6) is 11.5 Å². The highest BCUT2D eigenvalue weighted by molar-refractivity contribution is 5.49. The van der Waals surface area contributed by atoms with Crippen molar-refractivity contribution in [3.05, 3.63) is 23.8 Å². The summed E-state index contributed by atoms with van der Waals surface area (Å²) in [6, 6.07) is 5.95. The summed E-state index contributed by atoms with van der Waals surface area (Å²) in [6.45, 7) is 10.6. The van der Waals surface area contributed by atoms with Crippen LogP contribution in [-0.2, 0) is 5.41 Å². The molecule has 0 saturated heterocycles. The van der Waals surface area contributed by atoms with Gasteiger partial charge in [0.05, 0.1) is 13.2 Å². The fourth-order valence-corrected chi connectivity index (χ4v) is 1.77. The van der Waals surface area contributed by atoms with Crippen molar-refractivity contribution in [2.24, 2.45) is 0 Å². The van der Waals surface area contributed by atoms with Crippen LogP contribution in [0.4, 0.5) is 0 Å². The molecular weight excluding hydrogens is 200 g/mol. The van der Waals surface area contributed by atoms with E-state index in [1.807, 2.05) is 32.0 Å². The van der Waals surface area contributed by atoms with E-state index >= 15 is 0 Å². The van der Waals surface area contributed by atoms with Gasteiger partial charge in [0.25, 0.3) is 0 Å². The van der Waals surface area contributed by atoms with Gasteiger partial charge in [0.2, 0.25) is 0 Å². The largest absolute Gasteiger partial charge is 0.496 e. The lowest BCUT2D eigenvalue weighted by molar-refractivity contribution is 0.234. The van der Waals surface area contributed by atoms with Crippen molar-refractivity contribution in [2.45, 2.75) is 46.1 Å². The number of hydrogen-bond acceptors (Lipinski definition) is 2. The van der Waals surface area contributed by atoms with Gasteiger partial charge in [-0.05, 0) is 31.4 Å². The predicted molar refractivity (Wildman–Crippen MR) is 67.5 cm³/mol. The first kappa shape index (κ1) is 12.9. The SMILES string of the molecule is COc1cccc(OC(C)C)c1C(C)(C)C. The molecule has 0 N–H and O–H groups in total. The van der Waals surface area contributed by atoms with Crippen molar-refractivity contribution in [1.29, 1.82) is 0 Å². The van der Waals surface area contributed by atoms with Crippen molar-refractivity contribution < 1.29 is 9.47 Å². The summed E-state index contributed by atoms with van der Waals surface area (Å²) in [5, 5.41) is 0. The van der Waals surface area contributed by atoms with E-state index in [0.29, 0.717) is 0 Å². The van der Waals surface area contributed by atoms with Crippen LogP contribution < -0.4 is 9.47 Å². The summed E-state index contributed by atoms with van der Waals surface area (Å²) in [7, 11) is 1.70. The van der Waals surface area contributed by atoms with Gasteiger partial charge in [-0.15, -0.1) is 0 Å². The van der Waals surface area contributed by atoms with Crippen molar-refractivity contribution in [1.82, 2.24) is 0 Å². The molecule has 0 spiro atoms. The van der Waals surface area contributed by atoms with Gasteiger partial charge in [-0.1, -0.05) is 26.8 Å². The number of methoxy groups -OCH3 is 1. The van der Waals surface area contributed by atoms with E-state index in [2.05, 4.69) is 20.8 Å². The number of hydrogen-bond donors (Lipinski definition) is 0. The fourth-order valence-electron chi connectivity index (χ4n) is 1.77. The molecule has 1 aromatic rings. The molecule has 0 fully saturated rings. The second kappa shape index (κ2) is 4.77. The van der Waals surface area contributed by atoms with Crippen LogP contribution in [0.2, 0.25) is 0 Å². The number of rotatable bonds is 3. The minimum Gasteiger partial charge on any atom is -0.496 e. The molecule has 0 aliphatic heterocycles. The van der Waals surface area contributed by atoms with Gasteiger partial charge in [0.1, 0.15) is 11.5 Å². The Kier molecular flexibility index (Phi) is 3.84. The Morgan fingerprint density at radius 1 is 1.06 bits per heavy atom. The molecule has 0 amide bonds. The van der Waals surface area contributed by atoms with Gasteiger partial charge in [0.15, 0.2) is 0 Å². The summed E-state index contributed by atoms with van der Waals surface area (Å²) in [5.74, 6) is 1.81. The third kappa shape index (κ3) is 2.91. The monoisotopic (exact) mass is 222 g/mol. The van der Waals surface area contributed by atoms with Crippen LogP contribution in [0.3, 0.4) is 0 Å². The minimum absolute atomic E-state index is 0.0107. The molecule has 0 bridgehead atoms. The molecule has 0 aliphatic carbocycles. The zero-order valence-corrected chi connectivity index (χ0v) is 11.1. The fraction of sp³-hybridized carbons (Fsp3) is 0.571. The Morgan fingerprint density at radius 2 is 1.62 bits per heavy atom. The Bertz CT molecular complexity index is 348. The third-order valence-electron chi connectivity index (χ3n) is 2.32. The van der Waals surface area contributed by atoms with Gasteiger partial charge in [-0.3, -0.25) is 0 Å². The summed E-state index contributed by atoms with van der Waals surface area (Å²) >= 11 is 0. The van der Waals surface area contributed by atoms with E-state index in [-0.39, 0.29) is 11.5 Å². The van der Waals surface area contributed by atoms with Crippen LogP contribution >= 0.6 is 0 Å². The maximum atomic E-state index is 5.83. The predicted octanol–water partition coefficient (Wildman–Crippen LogP) is 3.78. The van der Waals surface area contributed by atoms with Crippen LogP contribution in [0, 0.1) is 0 Å². The minimum atomic E-state index is 0.0107. The zero-order chi connectivity index (χ0) is 12.3. The van der Waals surface area contributed by atoms with Gasteiger partial charge in [-0.2, -0.15) is 0 Å². The summed E-state index contributed by atoms with van der Waals surface area (Å²) < 4.78 is 11.2. The Labute approximate surface area is 98.6 Å². The summed E-state index contributed by atoms with van der Waals surface area (Å²) in [6.07, 6.45) is 0.174. The number of ether oxygens (including phenoxy) is 2. The molecule has 0 aliphatic rings. The van der Waals surface area contributed by atoms with Crippen molar-refractivity contribution in [2.75, 3.05) is 7.11 Å². The molecule has 0 saturated carbocycles. The van der Waals surface area contributed by atoms with Gasteiger partial charge < -0.3 is 9.47 Å². The zero-order valence-electron chi connectivity index (χ0n) is 11.1. The molecule has 90 valence electrons. The average Bonchev–Trinajstić information content (AvgIpc) is 2.14. The van der Waals surface area contributed by atoms with E-state index in [1.165, 1.54) is 0 Å². The van der Waals surface area contributed by atoms with E-state index < -0.39 is 0 Å². The van der Waals surface area contributed by atoms with Crippen LogP contribution in [0.15, 0.2) is 18.2 Å². The second-order valence-electron chi connectivity index (χ2n) is 5.25. The lowest BCUT2D eigenvalue weighted by Gasteiger charge is -2.26. The maximum Gasteiger partial charge on any atom is 0.127 e. The summed E-state index contributed by atoms with van der Waals surface area (Å²) in [5.41, 5.74) is 1.14. The average molecular weight is 222 g/mol. The molecule has 1 aromatic carbocycles. The molecule has 0 aromatic heterocycles. The first-order valence-electron chi connectivity index (χ1n) is 5.70. The maximum absolute atomic E-state index is 5.83. The molecule has 0 radical (unpaired) electrons. The van der Waals surface area contributed by atoms with Crippen molar-refractivity contribution >= 4 is 0 Å². The molecule has 0 heterocycles. The van der Waals surface area contributed by atoms with Gasteiger partial charge >= 0.3 is 0 Å². The summed E-state index contributed by atoms with van der Waals surface area (Å²) in [4.78, 5) is 0. The Hall–Kier alpha value is -1.18. The van der Waals surface area contributed by atoms with E-state index in [9.17, 15) is 0 Å². The lowest BCUT2D eigenvalue weighted by atomic mass is 9.85. The molecule has 0 atom stereocenters. The van der Waals surface area contributed by atoms with Crippen molar-refractivity contribution in [3.8, 4) is 11.5 Å². The standard InChI is InChI=1S/C14H22O2/c1-10(2)16-12-9-7-8-11(15-6)13(12)14(3,4)5/h7-10H,1-6H3. The molecule has 1 rings (SSSR count). The second-order valence-corrected chi connectivity index (χ2v) is 5.25. The third-order valence-corrected chi connectivity index (χ3v) is 2.32. The molecule has 2 nitrogen and oxygen atoms in total. The normalized spacial score (nSPS) is 11.7. The highest BCUT2D eigenvalue weighted by Crippen LogP contribution is 2.38. The molecule has 0 unspecified atom stereocenters. The molecule has 16 heavy (non-hydrogen) atoms. The van der Waals surface area contributed by atoms with E-state index in [4.69, 9.17) is 9.47 Å². The van der Waals surface area contributed by atoms with Gasteiger partial charge in [0, 0.05) is 5.56 Å².